The van der Waals surface area contributed by atoms with Crippen LogP contribution in [0.15, 0.2) is 97.1 Å². The van der Waals surface area contributed by atoms with E-state index >= 15 is 0 Å². The van der Waals surface area contributed by atoms with Gasteiger partial charge in [0.05, 0.1) is 11.1 Å². The van der Waals surface area contributed by atoms with Gasteiger partial charge in [-0.3, -0.25) is 0 Å². The molecular formula is C28H26N2O5. The Hall–Kier alpha value is -4.78. The number of anilines is 2. The number of nitrogen functional groups attached to an aromatic ring is 2. The van der Waals surface area contributed by atoms with Crippen molar-refractivity contribution >= 4 is 23.3 Å². The molecule has 4 aromatic rings. The van der Waals surface area contributed by atoms with Crippen LogP contribution < -0.4 is 16.2 Å². The molecular weight excluding hydrogens is 444 g/mol. The highest BCUT2D eigenvalue weighted by atomic mass is 16.5. The van der Waals surface area contributed by atoms with E-state index in [1.54, 1.807) is 48.5 Å². The predicted octanol–water partition coefficient (Wildman–Crippen LogP) is 5.88. The van der Waals surface area contributed by atoms with E-state index in [0.717, 1.165) is 16.8 Å². The molecule has 0 saturated carbocycles. The molecule has 35 heavy (non-hydrogen) atoms. The van der Waals surface area contributed by atoms with Gasteiger partial charge in [0.2, 0.25) is 0 Å². The molecule has 7 nitrogen and oxygen atoms in total. The van der Waals surface area contributed by atoms with E-state index < -0.39 is 11.9 Å². The maximum atomic E-state index is 10.8. The van der Waals surface area contributed by atoms with Crippen LogP contribution in [0.5, 0.6) is 11.5 Å². The lowest BCUT2D eigenvalue weighted by atomic mass is 9.92. The lowest BCUT2D eigenvalue weighted by Gasteiger charge is -2.12. The monoisotopic (exact) mass is 470 g/mol. The van der Waals surface area contributed by atoms with Crippen LogP contribution in [0.1, 0.15) is 44.7 Å². The number of nitrogens with two attached hydrogens (primary N) is 2. The van der Waals surface area contributed by atoms with Crippen LogP contribution in [0.4, 0.5) is 11.4 Å². The molecule has 0 saturated heterocycles. The van der Waals surface area contributed by atoms with E-state index in [4.69, 9.17) is 26.4 Å². The van der Waals surface area contributed by atoms with Crippen molar-refractivity contribution in [2.45, 2.75) is 12.8 Å². The summed E-state index contributed by atoms with van der Waals surface area (Å²) in [6.45, 7) is 2.08. The van der Waals surface area contributed by atoms with Gasteiger partial charge in [0, 0.05) is 17.3 Å². The Morgan fingerprint density at radius 2 is 0.914 bits per heavy atom. The first-order valence-electron chi connectivity index (χ1n) is 10.8. The molecule has 7 heteroatoms. The first-order chi connectivity index (χ1) is 16.7. The van der Waals surface area contributed by atoms with Crippen LogP contribution in [0, 0.1) is 0 Å². The van der Waals surface area contributed by atoms with Crippen molar-refractivity contribution < 1.29 is 24.5 Å². The number of carboxylic acids is 2. The van der Waals surface area contributed by atoms with E-state index in [1.807, 2.05) is 36.4 Å². The summed E-state index contributed by atoms with van der Waals surface area (Å²) in [5.74, 6) is -0.402. The minimum atomic E-state index is -0.955. The minimum absolute atomic E-state index is 0.216. The van der Waals surface area contributed by atoms with Crippen LogP contribution in [0.25, 0.3) is 0 Å². The lowest BCUT2D eigenvalue weighted by molar-refractivity contribution is 0.0686. The maximum Gasteiger partial charge on any atom is 0.335 e. The fourth-order valence-corrected chi connectivity index (χ4v) is 3.23. The largest absolute Gasteiger partial charge is 0.478 e. The summed E-state index contributed by atoms with van der Waals surface area (Å²) in [5, 5.41) is 17.6. The molecule has 0 fully saturated rings. The third-order valence-electron chi connectivity index (χ3n) is 5.31. The second kappa shape index (κ2) is 11.4. The molecule has 1 atom stereocenters. The fraction of sp³-hybridized carbons (Fsp3) is 0.0714. The zero-order valence-electron chi connectivity index (χ0n) is 19.1. The molecule has 0 heterocycles. The topological polar surface area (TPSA) is 136 Å². The van der Waals surface area contributed by atoms with E-state index in [0.29, 0.717) is 22.7 Å². The van der Waals surface area contributed by atoms with Gasteiger partial charge in [0.25, 0.3) is 0 Å². The molecule has 6 N–H and O–H groups in total. The summed E-state index contributed by atoms with van der Waals surface area (Å²) in [6, 6.07) is 27.9. The van der Waals surface area contributed by atoms with Gasteiger partial charge in [-0.15, -0.1) is 0 Å². The summed E-state index contributed by atoms with van der Waals surface area (Å²) >= 11 is 0. The average molecular weight is 471 g/mol. The maximum absolute atomic E-state index is 10.8. The summed E-state index contributed by atoms with van der Waals surface area (Å²) in [6.07, 6.45) is 0. The minimum Gasteiger partial charge on any atom is -0.478 e. The SMILES string of the molecule is CC(c1ccc(N)cc1)c1ccc(C(=O)O)cc1.Nc1ccc(Oc2ccc(C(=O)O)cc2)cc1. The smallest absolute Gasteiger partial charge is 0.335 e. The number of hydrogen-bond donors (Lipinski definition) is 4. The van der Waals surface area contributed by atoms with Crippen molar-refractivity contribution in [3.05, 3.63) is 119 Å². The Morgan fingerprint density at radius 3 is 1.31 bits per heavy atom. The molecule has 4 rings (SSSR count). The highest BCUT2D eigenvalue weighted by Crippen LogP contribution is 2.25. The molecule has 0 aromatic heterocycles. The van der Waals surface area contributed by atoms with Gasteiger partial charge in [-0.2, -0.15) is 0 Å². The van der Waals surface area contributed by atoms with Gasteiger partial charge in [0.15, 0.2) is 0 Å². The molecule has 0 spiro atoms. The zero-order valence-corrected chi connectivity index (χ0v) is 19.1. The third kappa shape index (κ3) is 7.10. The zero-order chi connectivity index (χ0) is 25.4. The molecule has 0 aliphatic heterocycles. The summed E-state index contributed by atoms with van der Waals surface area (Å²) in [7, 11) is 0. The van der Waals surface area contributed by atoms with Crippen molar-refractivity contribution in [3.8, 4) is 11.5 Å². The Labute approximate surface area is 203 Å². The van der Waals surface area contributed by atoms with E-state index in [1.165, 1.54) is 12.1 Å². The highest BCUT2D eigenvalue weighted by Gasteiger charge is 2.09. The van der Waals surface area contributed by atoms with Gasteiger partial charge in [-0.1, -0.05) is 31.2 Å². The van der Waals surface area contributed by atoms with Crippen LogP contribution >= 0.6 is 0 Å². The molecule has 0 aliphatic rings. The van der Waals surface area contributed by atoms with Crippen LogP contribution in [0.2, 0.25) is 0 Å². The first-order valence-corrected chi connectivity index (χ1v) is 10.8. The summed E-state index contributed by atoms with van der Waals surface area (Å²) in [4.78, 5) is 21.4. The fourth-order valence-electron chi connectivity index (χ4n) is 3.23. The van der Waals surface area contributed by atoms with E-state index in [2.05, 4.69) is 6.92 Å². The Bertz CT molecular complexity index is 1270. The number of carbonyl (C=O) groups is 2. The number of aromatic carboxylic acids is 2. The number of benzene rings is 4. The van der Waals surface area contributed by atoms with Gasteiger partial charge in [0.1, 0.15) is 11.5 Å². The standard InChI is InChI=1S/C15H15NO2.C13H11NO3/c1-10(12-6-8-14(16)9-7-12)11-2-4-13(5-3-11)15(17)18;14-10-3-7-12(8-4-10)17-11-5-1-9(2-6-11)13(15)16/h2-10H,16H2,1H3,(H,17,18);1-8H,14H2,(H,15,16). The van der Waals surface area contributed by atoms with Crippen molar-refractivity contribution in [2.24, 2.45) is 0 Å². The number of ether oxygens (including phenoxy) is 1. The number of hydrogen-bond acceptors (Lipinski definition) is 5. The molecule has 4 aromatic carbocycles. The molecule has 1 unspecified atom stereocenters. The molecule has 0 radical (unpaired) electrons. The molecule has 178 valence electrons. The Balaban J connectivity index is 0.000000196. The van der Waals surface area contributed by atoms with Crippen LogP contribution in [-0.2, 0) is 0 Å². The molecule has 0 aliphatic carbocycles. The quantitative estimate of drug-likeness (QED) is 0.258. The van der Waals surface area contributed by atoms with Gasteiger partial charge in [-0.05, 0) is 83.9 Å². The van der Waals surface area contributed by atoms with Gasteiger partial charge >= 0.3 is 11.9 Å². The van der Waals surface area contributed by atoms with Crippen molar-refractivity contribution in [2.75, 3.05) is 11.5 Å². The summed E-state index contributed by atoms with van der Waals surface area (Å²) in [5.41, 5.74) is 15.4. The van der Waals surface area contributed by atoms with E-state index in [-0.39, 0.29) is 11.5 Å². The Kier molecular flexibility index (Phi) is 8.08. The normalized spacial score (nSPS) is 11.0. The number of rotatable bonds is 6. The van der Waals surface area contributed by atoms with Crippen molar-refractivity contribution in [1.29, 1.82) is 0 Å². The highest BCUT2D eigenvalue weighted by molar-refractivity contribution is 5.88. The lowest BCUT2D eigenvalue weighted by Crippen LogP contribution is -1.99. The van der Waals surface area contributed by atoms with Gasteiger partial charge < -0.3 is 26.4 Å². The van der Waals surface area contributed by atoms with Gasteiger partial charge in [-0.25, -0.2) is 9.59 Å². The predicted molar refractivity (Wildman–Crippen MR) is 136 cm³/mol. The van der Waals surface area contributed by atoms with Crippen molar-refractivity contribution in [3.63, 3.8) is 0 Å². The summed E-state index contributed by atoms with van der Waals surface area (Å²) < 4.78 is 5.52. The van der Waals surface area contributed by atoms with Crippen LogP contribution in [0.3, 0.4) is 0 Å². The first kappa shape index (κ1) is 24.9. The van der Waals surface area contributed by atoms with Crippen LogP contribution in [-0.4, -0.2) is 22.2 Å². The Morgan fingerprint density at radius 1 is 0.600 bits per heavy atom. The number of carboxylic acid groups (broad SMARTS) is 2. The van der Waals surface area contributed by atoms with Crippen molar-refractivity contribution in [1.82, 2.24) is 0 Å². The average Bonchev–Trinajstić information content (AvgIpc) is 2.86. The molecule has 0 amide bonds. The third-order valence-corrected chi connectivity index (χ3v) is 5.31. The molecule has 0 bridgehead atoms. The second-order valence-corrected chi connectivity index (χ2v) is 7.82. The van der Waals surface area contributed by atoms with E-state index in [9.17, 15) is 9.59 Å². The second-order valence-electron chi connectivity index (χ2n) is 7.82.